The lowest BCUT2D eigenvalue weighted by Gasteiger charge is -2.12. The fraction of sp³-hybridized carbons (Fsp3) is 0.250. The second kappa shape index (κ2) is 6.09. The van der Waals surface area contributed by atoms with Gasteiger partial charge in [-0.2, -0.15) is 0 Å². The Morgan fingerprint density at radius 1 is 1.35 bits per heavy atom. The monoisotopic (exact) mass is 227 g/mol. The summed E-state index contributed by atoms with van der Waals surface area (Å²) in [5, 5.41) is 3.10. The van der Waals surface area contributed by atoms with Crippen molar-refractivity contribution >= 4 is 11.3 Å². The zero-order valence-electron chi connectivity index (χ0n) is 11.0. The van der Waals surface area contributed by atoms with Crippen molar-refractivity contribution in [3.63, 3.8) is 0 Å². The van der Waals surface area contributed by atoms with Crippen LogP contribution < -0.4 is 5.32 Å². The molecule has 1 aliphatic carbocycles. The molecule has 1 aliphatic rings. The quantitative estimate of drug-likeness (QED) is 0.822. The molecule has 0 bridgehead atoms. The first-order valence-corrected chi connectivity index (χ1v) is 6.09. The van der Waals surface area contributed by atoms with E-state index in [1.165, 1.54) is 22.3 Å². The average molecular weight is 227 g/mol. The highest BCUT2D eigenvalue weighted by molar-refractivity contribution is 5.87. The molecular formula is C16H21N. The van der Waals surface area contributed by atoms with Crippen LogP contribution in [-0.2, 0) is 6.42 Å². The van der Waals surface area contributed by atoms with Crippen molar-refractivity contribution in [2.75, 3.05) is 7.05 Å². The van der Waals surface area contributed by atoms with E-state index in [1.54, 1.807) is 0 Å². The van der Waals surface area contributed by atoms with Crippen LogP contribution in [0.25, 0.3) is 11.3 Å². The molecule has 17 heavy (non-hydrogen) atoms. The third-order valence-electron chi connectivity index (χ3n) is 2.83. The summed E-state index contributed by atoms with van der Waals surface area (Å²) in [5.41, 5.74) is 6.00. The number of nitrogens with one attached hydrogen (secondary N) is 1. The minimum Gasteiger partial charge on any atom is -0.388 e. The van der Waals surface area contributed by atoms with Crippen molar-refractivity contribution in [1.82, 2.24) is 5.32 Å². The van der Waals surface area contributed by atoms with Crippen LogP contribution in [0.5, 0.6) is 0 Å². The van der Waals surface area contributed by atoms with E-state index in [2.05, 4.69) is 42.7 Å². The molecule has 1 aromatic carbocycles. The number of allylic oxidation sites excluding steroid dienone is 3. The molecule has 1 N–H and O–H groups in total. The van der Waals surface area contributed by atoms with Gasteiger partial charge in [0.15, 0.2) is 0 Å². The molecular weight excluding hydrogens is 206 g/mol. The van der Waals surface area contributed by atoms with E-state index in [-0.39, 0.29) is 0 Å². The van der Waals surface area contributed by atoms with E-state index in [0.717, 1.165) is 12.1 Å². The lowest BCUT2D eigenvalue weighted by atomic mass is 9.97. The predicted molar refractivity (Wildman–Crippen MR) is 77.8 cm³/mol. The first-order valence-electron chi connectivity index (χ1n) is 6.09. The number of benzene rings is 1. The predicted octanol–water partition coefficient (Wildman–Crippen LogP) is 4.03. The van der Waals surface area contributed by atoms with Crippen LogP contribution in [0.15, 0.2) is 43.5 Å². The Bertz CT molecular complexity index is 453. The number of rotatable bonds is 3. The standard InChI is InChI=1S/C14H15N.C2H6/c1-4-11-8-9-12-6-5-7-13(14(11)12)10(2)15-3;1-2/h4-8,15H,1-2,9H2,3H3;1-2H3. The van der Waals surface area contributed by atoms with Gasteiger partial charge in [0.1, 0.15) is 0 Å². The van der Waals surface area contributed by atoms with Crippen LogP contribution in [-0.4, -0.2) is 7.05 Å². The molecule has 0 saturated heterocycles. The highest BCUT2D eigenvalue weighted by Crippen LogP contribution is 2.33. The van der Waals surface area contributed by atoms with Gasteiger partial charge in [-0.3, -0.25) is 0 Å². The number of hydrogen-bond acceptors (Lipinski definition) is 1. The van der Waals surface area contributed by atoms with Crippen molar-refractivity contribution < 1.29 is 0 Å². The van der Waals surface area contributed by atoms with Gasteiger partial charge in [-0.1, -0.05) is 57.4 Å². The summed E-state index contributed by atoms with van der Waals surface area (Å²) in [4.78, 5) is 0. The Morgan fingerprint density at radius 3 is 2.65 bits per heavy atom. The largest absolute Gasteiger partial charge is 0.388 e. The first-order chi connectivity index (χ1) is 8.27. The summed E-state index contributed by atoms with van der Waals surface area (Å²) in [7, 11) is 1.90. The third kappa shape index (κ3) is 2.50. The van der Waals surface area contributed by atoms with Crippen LogP contribution in [0.1, 0.15) is 30.5 Å². The SMILES string of the molecule is C=CC1=CCc2cccc(C(=C)NC)c21.CC. The molecule has 0 aromatic heterocycles. The molecule has 0 spiro atoms. The molecule has 2 rings (SSSR count). The molecule has 0 saturated carbocycles. The summed E-state index contributed by atoms with van der Waals surface area (Å²) in [6, 6.07) is 6.34. The van der Waals surface area contributed by atoms with Crippen molar-refractivity contribution in [2.24, 2.45) is 0 Å². The number of fused-ring (bicyclic) bond motifs is 1. The van der Waals surface area contributed by atoms with Crippen LogP contribution in [0.2, 0.25) is 0 Å². The molecule has 0 aliphatic heterocycles. The molecule has 1 aromatic rings. The van der Waals surface area contributed by atoms with Crippen molar-refractivity contribution in [2.45, 2.75) is 20.3 Å². The zero-order valence-corrected chi connectivity index (χ0v) is 11.0. The molecule has 1 nitrogen and oxygen atoms in total. The maximum absolute atomic E-state index is 4.02. The fourth-order valence-corrected chi connectivity index (χ4v) is 2.00. The van der Waals surface area contributed by atoms with Gasteiger partial charge >= 0.3 is 0 Å². The normalized spacial score (nSPS) is 11.8. The van der Waals surface area contributed by atoms with Gasteiger partial charge in [0.2, 0.25) is 0 Å². The third-order valence-corrected chi connectivity index (χ3v) is 2.83. The minimum absolute atomic E-state index is 0.960. The Labute approximate surface area is 105 Å². The lowest BCUT2D eigenvalue weighted by molar-refractivity contribution is 1.13. The molecule has 1 heteroatoms. The molecule has 0 unspecified atom stereocenters. The molecule has 90 valence electrons. The van der Waals surface area contributed by atoms with Crippen LogP contribution in [0, 0.1) is 0 Å². The molecule has 0 heterocycles. The summed E-state index contributed by atoms with van der Waals surface area (Å²) in [5.74, 6) is 0. The summed E-state index contributed by atoms with van der Waals surface area (Å²) in [6.07, 6.45) is 5.13. The van der Waals surface area contributed by atoms with Gasteiger partial charge < -0.3 is 5.32 Å². The Hall–Kier alpha value is -1.76. The lowest BCUT2D eigenvalue weighted by Crippen LogP contribution is -2.05. The Morgan fingerprint density at radius 2 is 2.06 bits per heavy atom. The average Bonchev–Trinajstić information content (AvgIpc) is 2.83. The highest BCUT2D eigenvalue weighted by Gasteiger charge is 2.16. The summed E-state index contributed by atoms with van der Waals surface area (Å²) in [6.45, 7) is 11.9. The van der Waals surface area contributed by atoms with E-state index < -0.39 is 0 Å². The van der Waals surface area contributed by atoms with E-state index in [1.807, 2.05) is 27.0 Å². The molecule has 0 fully saturated rings. The second-order valence-corrected chi connectivity index (χ2v) is 3.64. The maximum atomic E-state index is 4.02. The molecule has 0 amide bonds. The van der Waals surface area contributed by atoms with Crippen LogP contribution >= 0.6 is 0 Å². The molecule has 0 atom stereocenters. The molecule has 0 radical (unpaired) electrons. The van der Waals surface area contributed by atoms with Crippen molar-refractivity contribution in [3.8, 4) is 0 Å². The summed E-state index contributed by atoms with van der Waals surface area (Å²) < 4.78 is 0. The van der Waals surface area contributed by atoms with Crippen molar-refractivity contribution in [1.29, 1.82) is 0 Å². The topological polar surface area (TPSA) is 12.0 Å². The maximum Gasteiger partial charge on any atom is 0.0344 e. The van der Waals surface area contributed by atoms with Gasteiger partial charge in [0.25, 0.3) is 0 Å². The van der Waals surface area contributed by atoms with Gasteiger partial charge in [-0.05, 0) is 23.1 Å². The van der Waals surface area contributed by atoms with Gasteiger partial charge in [0, 0.05) is 18.3 Å². The first kappa shape index (κ1) is 13.3. The fourth-order valence-electron chi connectivity index (χ4n) is 2.00. The van der Waals surface area contributed by atoms with E-state index in [0.29, 0.717) is 0 Å². The van der Waals surface area contributed by atoms with Crippen LogP contribution in [0.3, 0.4) is 0 Å². The summed E-state index contributed by atoms with van der Waals surface area (Å²) >= 11 is 0. The van der Waals surface area contributed by atoms with E-state index in [4.69, 9.17) is 0 Å². The van der Waals surface area contributed by atoms with Gasteiger partial charge in [-0.15, -0.1) is 0 Å². The van der Waals surface area contributed by atoms with E-state index >= 15 is 0 Å². The van der Waals surface area contributed by atoms with Gasteiger partial charge in [0.05, 0.1) is 0 Å². The van der Waals surface area contributed by atoms with Gasteiger partial charge in [-0.25, -0.2) is 0 Å². The smallest absolute Gasteiger partial charge is 0.0344 e. The van der Waals surface area contributed by atoms with E-state index in [9.17, 15) is 0 Å². The Kier molecular flexibility index (Phi) is 4.77. The van der Waals surface area contributed by atoms with Crippen LogP contribution in [0.4, 0.5) is 0 Å². The van der Waals surface area contributed by atoms with Crippen molar-refractivity contribution in [3.05, 3.63) is 60.2 Å². The Balaban J connectivity index is 0.000000686. The minimum atomic E-state index is 0.960. The zero-order chi connectivity index (χ0) is 12.8. The second-order valence-electron chi connectivity index (χ2n) is 3.64. The highest BCUT2D eigenvalue weighted by atomic mass is 14.8. The number of hydrogen-bond donors (Lipinski definition) is 1.